The number of hydrogen-bond acceptors (Lipinski definition) is 4. The Morgan fingerprint density at radius 3 is 2.63 bits per heavy atom. The average molecular weight is 277 g/mol. The standard InChI is InChI=1S/C12H9ClN4O2/c13-6-1-3-7(4-2-6)17-11(14)10-8(16-17)5-9(18)15-12(10)19/h1-4H,5,14H2,(H,15,18,19). The zero-order chi connectivity index (χ0) is 13.6. The van der Waals surface area contributed by atoms with Gasteiger partial charge in [-0.2, -0.15) is 5.10 Å². The molecular weight excluding hydrogens is 268 g/mol. The first-order chi connectivity index (χ1) is 9.06. The van der Waals surface area contributed by atoms with Crippen LogP contribution in [0.5, 0.6) is 0 Å². The molecule has 0 bridgehead atoms. The molecular formula is C12H9ClN4O2. The minimum atomic E-state index is -0.510. The molecule has 0 radical (unpaired) electrons. The van der Waals surface area contributed by atoms with Crippen molar-refractivity contribution < 1.29 is 9.59 Å². The van der Waals surface area contributed by atoms with Crippen LogP contribution in [0.1, 0.15) is 16.1 Å². The highest BCUT2D eigenvalue weighted by Crippen LogP contribution is 2.24. The molecule has 0 aliphatic carbocycles. The van der Waals surface area contributed by atoms with E-state index in [0.29, 0.717) is 16.4 Å². The molecule has 1 aliphatic rings. The monoisotopic (exact) mass is 276 g/mol. The summed E-state index contributed by atoms with van der Waals surface area (Å²) in [6.45, 7) is 0. The van der Waals surface area contributed by atoms with Crippen LogP contribution in [0.3, 0.4) is 0 Å². The normalized spacial score (nSPS) is 14.2. The number of aromatic nitrogens is 2. The molecule has 2 aromatic rings. The Kier molecular flexibility index (Phi) is 2.53. The molecule has 1 aliphatic heterocycles. The maximum atomic E-state index is 11.7. The van der Waals surface area contributed by atoms with Crippen molar-refractivity contribution in [1.29, 1.82) is 0 Å². The number of benzene rings is 1. The SMILES string of the molecule is Nc1c2c(nn1-c1ccc(Cl)cc1)CC(=O)NC2=O. The fourth-order valence-corrected chi connectivity index (χ4v) is 2.14. The van der Waals surface area contributed by atoms with Gasteiger partial charge in [0, 0.05) is 5.02 Å². The second-order valence-corrected chi connectivity index (χ2v) is 4.59. The van der Waals surface area contributed by atoms with E-state index in [0.717, 1.165) is 0 Å². The summed E-state index contributed by atoms with van der Waals surface area (Å²) in [4.78, 5) is 23.0. The highest BCUT2D eigenvalue weighted by atomic mass is 35.5. The van der Waals surface area contributed by atoms with Crippen molar-refractivity contribution in [3.8, 4) is 5.69 Å². The minimum Gasteiger partial charge on any atom is -0.383 e. The molecule has 0 unspecified atom stereocenters. The number of fused-ring (bicyclic) bond motifs is 1. The van der Waals surface area contributed by atoms with Crippen LogP contribution in [0, 0.1) is 0 Å². The lowest BCUT2D eigenvalue weighted by Crippen LogP contribution is -2.37. The van der Waals surface area contributed by atoms with Gasteiger partial charge in [-0.05, 0) is 24.3 Å². The second kappa shape index (κ2) is 4.10. The molecule has 3 rings (SSSR count). The topological polar surface area (TPSA) is 90.0 Å². The third-order valence-corrected chi connectivity index (χ3v) is 3.12. The van der Waals surface area contributed by atoms with Gasteiger partial charge < -0.3 is 5.73 Å². The third-order valence-electron chi connectivity index (χ3n) is 2.87. The number of anilines is 1. The van der Waals surface area contributed by atoms with E-state index in [-0.39, 0.29) is 23.7 Å². The van der Waals surface area contributed by atoms with E-state index in [2.05, 4.69) is 10.4 Å². The smallest absolute Gasteiger partial charge is 0.263 e. The predicted octanol–water partition coefficient (Wildman–Crippen LogP) is 0.920. The van der Waals surface area contributed by atoms with Gasteiger partial charge in [-0.15, -0.1) is 0 Å². The zero-order valence-corrected chi connectivity index (χ0v) is 10.4. The highest BCUT2D eigenvalue weighted by molar-refractivity contribution is 6.30. The number of carbonyl (C=O) groups excluding carboxylic acids is 2. The predicted molar refractivity (Wildman–Crippen MR) is 69.2 cm³/mol. The van der Waals surface area contributed by atoms with E-state index in [1.165, 1.54) is 4.68 Å². The van der Waals surface area contributed by atoms with E-state index < -0.39 is 5.91 Å². The number of carbonyl (C=O) groups is 2. The number of rotatable bonds is 1. The molecule has 7 heteroatoms. The molecule has 2 heterocycles. The molecule has 0 fully saturated rings. The molecule has 6 nitrogen and oxygen atoms in total. The number of amides is 2. The molecule has 0 atom stereocenters. The summed E-state index contributed by atoms with van der Waals surface area (Å²) in [6, 6.07) is 6.86. The fraction of sp³-hybridized carbons (Fsp3) is 0.0833. The number of hydrogen-bond donors (Lipinski definition) is 2. The lowest BCUT2D eigenvalue weighted by molar-refractivity contribution is -0.119. The average Bonchev–Trinajstić information content (AvgIpc) is 2.67. The minimum absolute atomic E-state index is 0.0475. The van der Waals surface area contributed by atoms with Crippen LogP contribution in [0.25, 0.3) is 5.69 Å². The molecule has 96 valence electrons. The maximum Gasteiger partial charge on any atom is 0.263 e. The van der Waals surface area contributed by atoms with Gasteiger partial charge in [0.25, 0.3) is 5.91 Å². The van der Waals surface area contributed by atoms with Gasteiger partial charge >= 0.3 is 0 Å². The first-order valence-electron chi connectivity index (χ1n) is 5.54. The fourth-order valence-electron chi connectivity index (χ4n) is 2.01. The van der Waals surface area contributed by atoms with E-state index in [4.69, 9.17) is 17.3 Å². The van der Waals surface area contributed by atoms with Crippen molar-refractivity contribution in [2.75, 3.05) is 5.73 Å². The summed E-state index contributed by atoms with van der Waals surface area (Å²) in [5.41, 5.74) is 7.25. The van der Waals surface area contributed by atoms with E-state index in [1.54, 1.807) is 24.3 Å². The maximum absolute atomic E-state index is 11.7. The first-order valence-corrected chi connectivity index (χ1v) is 5.91. The zero-order valence-electron chi connectivity index (χ0n) is 9.68. The van der Waals surface area contributed by atoms with Crippen molar-refractivity contribution in [3.63, 3.8) is 0 Å². The van der Waals surface area contributed by atoms with Gasteiger partial charge in [-0.25, -0.2) is 4.68 Å². The number of imide groups is 1. The van der Waals surface area contributed by atoms with Crippen molar-refractivity contribution in [2.45, 2.75) is 6.42 Å². The molecule has 0 spiro atoms. The number of halogens is 1. The summed E-state index contributed by atoms with van der Waals surface area (Å²) in [5.74, 6) is -0.676. The largest absolute Gasteiger partial charge is 0.383 e. The molecule has 2 amide bonds. The Labute approximate surface area is 113 Å². The Hall–Kier alpha value is -2.34. The molecule has 3 N–H and O–H groups in total. The quantitative estimate of drug-likeness (QED) is 0.758. The molecule has 0 saturated carbocycles. The van der Waals surface area contributed by atoms with Crippen molar-refractivity contribution in [3.05, 3.63) is 40.5 Å². The number of nitrogens with zero attached hydrogens (tertiary/aromatic N) is 2. The van der Waals surface area contributed by atoms with Crippen LogP contribution in [0.2, 0.25) is 5.02 Å². The number of nitrogens with one attached hydrogen (secondary N) is 1. The molecule has 1 aromatic carbocycles. The van der Waals surface area contributed by atoms with Crippen LogP contribution in [-0.2, 0) is 11.2 Å². The Morgan fingerprint density at radius 1 is 1.26 bits per heavy atom. The lowest BCUT2D eigenvalue weighted by atomic mass is 10.1. The molecule has 0 saturated heterocycles. The Bertz CT molecular complexity index is 691. The van der Waals surface area contributed by atoms with Gasteiger partial charge in [0.15, 0.2) is 0 Å². The van der Waals surface area contributed by atoms with Crippen LogP contribution in [0.4, 0.5) is 5.82 Å². The van der Waals surface area contributed by atoms with Crippen LogP contribution >= 0.6 is 11.6 Å². The molecule has 19 heavy (non-hydrogen) atoms. The third kappa shape index (κ3) is 1.86. The summed E-state index contributed by atoms with van der Waals surface area (Å²) >= 11 is 5.81. The lowest BCUT2D eigenvalue weighted by Gasteiger charge is -2.09. The van der Waals surface area contributed by atoms with E-state index in [9.17, 15) is 9.59 Å². The van der Waals surface area contributed by atoms with E-state index in [1.807, 2.05) is 0 Å². The Balaban J connectivity index is 2.14. The van der Waals surface area contributed by atoms with Gasteiger partial charge in [0.2, 0.25) is 5.91 Å². The van der Waals surface area contributed by atoms with Gasteiger partial charge in [-0.1, -0.05) is 11.6 Å². The van der Waals surface area contributed by atoms with Crippen molar-refractivity contribution in [2.24, 2.45) is 0 Å². The number of nitrogens with two attached hydrogens (primary N) is 1. The van der Waals surface area contributed by atoms with Gasteiger partial charge in [-0.3, -0.25) is 14.9 Å². The summed E-state index contributed by atoms with van der Waals surface area (Å²) in [6.07, 6.45) is 0.0475. The summed E-state index contributed by atoms with van der Waals surface area (Å²) in [5, 5.41) is 7.03. The second-order valence-electron chi connectivity index (χ2n) is 4.15. The van der Waals surface area contributed by atoms with Crippen LogP contribution < -0.4 is 11.1 Å². The summed E-state index contributed by atoms with van der Waals surface area (Å²) < 4.78 is 1.43. The van der Waals surface area contributed by atoms with Crippen LogP contribution in [-0.4, -0.2) is 21.6 Å². The number of nitrogen functional groups attached to an aromatic ring is 1. The first kappa shape index (κ1) is 11.7. The highest BCUT2D eigenvalue weighted by Gasteiger charge is 2.29. The van der Waals surface area contributed by atoms with E-state index >= 15 is 0 Å². The Morgan fingerprint density at radius 2 is 1.95 bits per heavy atom. The van der Waals surface area contributed by atoms with Crippen molar-refractivity contribution >= 4 is 29.2 Å². The van der Waals surface area contributed by atoms with Crippen molar-refractivity contribution in [1.82, 2.24) is 15.1 Å². The van der Waals surface area contributed by atoms with Gasteiger partial charge in [0.1, 0.15) is 11.4 Å². The summed E-state index contributed by atoms with van der Waals surface area (Å²) in [7, 11) is 0. The van der Waals surface area contributed by atoms with Gasteiger partial charge in [0.05, 0.1) is 17.8 Å². The molecule has 1 aromatic heterocycles. The van der Waals surface area contributed by atoms with Crippen LogP contribution in [0.15, 0.2) is 24.3 Å².